The van der Waals surface area contributed by atoms with Crippen LogP contribution in [0, 0.1) is 0 Å². The highest BCUT2D eigenvalue weighted by Crippen LogP contribution is 2.36. The number of amides is 1. The second kappa shape index (κ2) is 7.42. The van der Waals surface area contributed by atoms with E-state index in [2.05, 4.69) is 0 Å². The zero-order chi connectivity index (χ0) is 17.1. The van der Waals surface area contributed by atoms with E-state index in [4.69, 9.17) is 17.0 Å². The van der Waals surface area contributed by atoms with E-state index in [1.165, 1.54) is 16.7 Å². The zero-order valence-electron chi connectivity index (χ0n) is 13.2. The van der Waals surface area contributed by atoms with Crippen LogP contribution in [-0.4, -0.2) is 23.6 Å². The van der Waals surface area contributed by atoms with Crippen molar-refractivity contribution in [1.82, 2.24) is 0 Å². The molecule has 0 radical (unpaired) electrons. The van der Waals surface area contributed by atoms with Crippen LogP contribution in [-0.2, 0) is 4.79 Å². The van der Waals surface area contributed by atoms with E-state index in [1.807, 2.05) is 60.9 Å². The van der Waals surface area contributed by atoms with Gasteiger partial charge in [-0.25, -0.2) is 0 Å². The van der Waals surface area contributed by atoms with Crippen molar-refractivity contribution in [3.8, 4) is 5.75 Å². The number of thioether (sulfide) groups is 2. The average molecular weight is 374 g/mol. The lowest BCUT2D eigenvalue weighted by Crippen LogP contribution is -2.27. The number of ether oxygens (including phenoxy) is 1. The molecule has 24 heavy (non-hydrogen) atoms. The molecule has 0 atom stereocenters. The smallest absolute Gasteiger partial charge is 0.270 e. The predicted molar refractivity (Wildman–Crippen MR) is 107 cm³/mol. The Kier molecular flexibility index (Phi) is 5.28. The number of hydrogen-bond acceptors (Lipinski definition) is 5. The van der Waals surface area contributed by atoms with Crippen LogP contribution >= 0.6 is 35.7 Å². The van der Waals surface area contributed by atoms with Gasteiger partial charge in [-0.3, -0.25) is 9.69 Å². The molecule has 0 unspecified atom stereocenters. The van der Waals surface area contributed by atoms with E-state index in [0.29, 0.717) is 9.23 Å². The highest BCUT2D eigenvalue weighted by molar-refractivity contribution is 8.27. The van der Waals surface area contributed by atoms with Gasteiger partial charge in [0.1, 0.15) is 5.75 Å². The first-order chi connectivity index (χ1) is 11.6. The molecule has 6 heteroatoms. The number of methoxy groups -OCH3 is 1. The molecular formula is C18H15NO2S3. The van der Waals surface area contributed by atoms with Crippen LogP contribution < -0.4 is 9.64 Å². The van der Waals surface area contributed by atoms with Gasteiger partial charge in [0.15, 0.2) is 4.32 Å². The van der Waals surface area contributed by atoms with Crippen molar-refractivity contribution < 1.29 is 9.53 Å². The van der Waals surface area contributed by atoms with E-state index >= 15 is 0 Å². The molecule has 3 nitrogen and oxygen atoms in total. The summed E-state index contributed by atoms with van der Waals surface area (Å²) in [6.45, 7) is 0. The standard InChI is InChI=1S/C18H15NO2S3/c1-21-14-7-5-13(6-8-14)19-17(20)16(24-18(19)22)11-12-3-9-15(23-2)10-4-12/h3-11H,1-2H3/b16-11+. The summed E-state index contributed by atoms with van der Waals surface area (Å²) in [6.07, 6.45) is 3.92. The topological polar surface area (TPSA) is 29.5 Å². The van der Waals surface area contributed by atoms with E-state index in [-0.39, 0.29) is 5.91 Å². The lowest BCUT2D eigenvalue weighted by Gasteiger charge is -2.14. The summed E-state index contributed by atoms with van der Waals surface area (Å²) in [5.41, 5.74) is 1.74. The molecule has 3 rings (SSSR count). The Morgan fingerprint density at radius 3 is 2.38 bits per heavy atom. The zero-order valence-corrected chi connectivity index (χ0v) is 15.6. The van der Waals surface area contributed by atoms with Gasteiger partial charge in [0.25, 0.3) is 5.91 Å². The van der Waals surface area contributed by atoms with Crippen molar-refractivity contribution >= 4 is 57.7 Å². The second-order valence-corrected chi connectivity index (χ2v) is 7.54. The van der Waals surface area contributed by atoms with Crippen LogP contribution in [0.2, 0.25) is 0 Å². The fourth-order valence-corrected chi connectivity index (χ4v) is 3.98. The number of benzene rings is 2. The number of anilines is 1. The molecule has 0 saturated carbocycles. The molecule has 1 fully saturated rings. The van der Waals surface area contributed by atoms with Crippen LogP contribution in [0.5, 0.6) is 5.75 Å². The third kappa shape index (κ3) is 3.50. The Bertz CT molecular complexity index is 798. The molecule has 0 aliphatic carbocycles. The molecule has 0 bridgehead atoms. The molecule has 0 N–H and O–H groups in total. The van der Waals surface area contributed by atoms with Crippen LogP contribution in [0.15, 0.2) is 58.3 Å². The number of rotatable bonds is 4. The highest BCUT2D eigenvalue weighted by Gasteiger charge is 2.33. The van der Waals surface area contributed by atoms with E-state index < -0.39 is 0 Å². The predicted octanol–water partition coefficient (Wildman–Crippen LogP) is 4.82. The molecule has 0 aromatic heterocycles. The third-order valence-corrected chi connectivity index (χ3v) is 5.58. The number of nitrogens with zero attached hydrogens (tertiary/aromatic N) is 1. The van der Waals surface area contributed by atoms with Crippen molar-refractivity contribution in [2.75, 3.05) is 18.3 Å². The Labute approximate surface area is 155 Å². The van der Waals surface area contributed by atoms with Gasteiger partial charge in [-0.1, -0.05) is 36.1 Å². The molecule has 1 amide bonds. The molecule has 1 aliphatic rings. The molecule has 1 saturated heterocycles. The fraction of sp³-hybridized carbons (Fsp3) is 0.111. The summed E-state index contributed by atoms with van der Waals surface area (Å²) in [6, 6.07) is 15.4. The molecule has 2 aromatic rings. The summed E-state index contributed by atoms with van der Waals surface area (Å²) in [5, 5.41) is 0. The summed E-state index contributed by atoms with van der Waals surface area (Å²) in [4.78, 5) is 16.1. The lowest BCUT2D eigenvalue weighted by molar-refractivity contribution is -0.113. The van der Waals surface area contributed by atoms with E-state index in [9.17, 15) is 4.79 Å². The molecule has 1 heterocycles. The fourth-order valence-electron chi connectivity index (χ4n) is 2.27. The molecular weight excluding hydrogens is 358 g/mol. The summed E-state index contributed by atoms with van der Waals surface area (Å²) in [7, 11) is 1.61. The Hall–Kier alpha value is -1.76. The van der Waals surface area contributed by atoms with Gasteiger partial charge in [-0.2, -0.15) is 0 Å². The largest absolute Gasteiger partial charge is 0.497 e. The van der Waals surface area contributed by atoms with Gasteiger partial charge in [-0.15, -0.1) is 11.8 Å². The summed E-state index contributed by atoms with van der Waals surface area (Å²) < 4.78 is 5.69. The first-order valence-corrected chi connectivity index (χ1v) is 9.63. The second-order valence-electron chi connectivity index (χ2n) is 4.99. The van der Waals surface area contributed by atoms with Crippen LogP contribution in [0.25, 0.3) is 6.08 Å². The Morgan fingerprint density at radius 1 is 1.12 bits per heavy atom. The first-order valence-electron chi connectivity index (χ1n) is 7.18. The van der Waals surface area contributed by atoms with Gasteiger partial charge in [0.05, 0.1) is 17.7 Å². The third-order valence-electron chi connectivity index (χ3n) is 3.54. The minimum Gasteiger partial charge on any atom is -0.497 e. The molecule has 122 valence electrons. The maximum Gasteiger partial charge on any atom is 0.270 e. The van der Waals surface area contributed by atoms with Gasteiger partial charge >= 0.3 is 0 Å². The van der Waals surface area contributed by atoms with Crippen molar-refractivity contribution in [1.29, 1.82) is 0 Å². The van der Waals surface area contributed by atoms with Crippen molar-refractivity contribution in [2.45, 2.75) is 4.90 Å². The van der Waals surface area contributed by atoms with E-state index in [0.717, 1.165) is 17.0 Å². The number of hydrogen-bond donors (Lipinski definition) is 0. The maximum atomic E-state index is 12.7. The van der Waals surface area contributed by atoms with Gasteiger partial charge in [0.2, 0.25) is 0 Å². The van der Waals surface area contributed by atoms with Gasteiger partial charge < -0.3 is 4.74 Å². The molecule has 1 aliphatic heterocycles. The summed E-state index contributed by atoms with van der Waals surface area (Å²) >= 11 is 8.40. The maximum absolute atomic E-state index is 12.7. The Morgan fingerprint density at radius 2 is 1.79 bits per heavy atom. The minimum atomic E-state index is -0.0934. The first kappa shape index (κ1) is 17.1. The van der Waals surface area contributed by atoms with E-state index in [1.54, 1.807) is 23.8 Å². The molecule has 2 aromatic carbocycles. The van der Waals surface area contributed by atoms with Crippen molar-refractivity contribution in [3.63, 3.8) is 0 Å². The van der Waals surface area contributed by atoms with Crippen molar-refractivity contribution in [3.05, 3.63) is 59.0 Å². The number of carbonyl (C=O) groups is 1. The minimum absolute atomic E-state index is 0.0934. The van der Waals surface area contributed by atoms with Crippen molar-refractivity contribution in [2.24, 2.45) is 0 Å². The van der Waals surface area contributed by atoms with Gasteiger partial charge in [-0.05, 0) is 54.3 Å². The monoisotopic (exact) mass is 373 g/mol. The lowest BCUT2D eigenvalue weighted by atomic mass is 10.2. The van der Waals surface area contributed by atoms with Gasteiger partial charge in [0, 0.05) is 4.90 Å². The summed E-state index contributed by atoms with van der Waals surface area (Å²) in [5.74, 6) is 0.651. The highest BCUT2D eigenvalue weighted by atomic mass is 32.2. The number of thiocarbonyl (C=S) groups is 1. The number of carbonyl (C=O) groups excluding carboxylic acids is 1. The van der Waals surface area contributed by atoms with Crippen LogP contribution in [0.1, 0.15) is 5.56 Å². The SMILES string of the molecule is COc1ccc(N2C(=O)/C(=C\c3ccc(SC)cc3)SC2=S)cc1. The quantitative estimate of drug-likeness (QED) is 0.435. The molecule has 0 spiro atoms. The normalized spacial score (nSPS) is 16.1. The Balaban J connectivity index is 1.85. The van der Waals surface area contributed by atoms with Crippen LogP contribution in [0.3, 0.4) is 0 Å². The average Bonchev–Trinajstić information content (AvgIpc) is 2.89. The van der Waals surface area contributed by atoms with Crippen LogP contribution in [0.4, 0.5) is 5.69 Å².